The molecular formula is C8H13N3O3S. The van der Waals surface area contributed by atoms with Crippen LogP contribution in [0.1, 0.15) is 6.42 Å². The van der Waals surface area contributed by atoms with E-state index in [0.29, 0.717) is 19.5 Å². The van der Waals surface area contributed by atoms with Gasteiger partial charge in [0.2, 0.25) is 0 Å². The van der Waals surface area contributed by atoms with Crippen molar-refractivity contribution in [1.29, 1.82) is 0 Å². The first-order valence-electron chi connectivity index (χ1n) is 4.74. The first-order valence-corrected chi connectivity index (χ1v) is 6.18. The van der Waals surface area contributed by atoms with Crippen molar-refractivity contribution in [2.75, 3.05) is 19.7 Å². The molecule has 1 aliphatic heterocycles. The molecule has 1 atom stereocenters. The minimum atomic E-state index is -3.43. The summed E-state index contributed by atoms with van der Waals surface area (Å²) in [5.74, 6) is 0.0581. The van der Waals surface area contributed by atoms with Gasteiger partial charge in [-0.2, -0.15) is 4.31 Å². The summed E-state index contributed by atoms with van der Waals surface area (Å²) in [5.41, 5.74) is 0. The Morgan fingerprint density at radius 1 is 1.67 bits per heavy atom. The standard InChI is InChI=1S/C8H13N3O3S/c12-5-7-1-2-11(4-7)15(13,14)8-3-9-6-10-8/h3,6-7,12H,1-2,4-5H2,(H,9,10). The summed E-state index contributed by atoms with van der Waals surface area (Å²) in [4.78, 5) is 6.27. The molecule has 7 heteroatoms. The van der Waals surface area contributed by atoms with Gasteiger partial charge in [-0.05, 0) is 12.3 Å². The predicted octanol–water partition coefficient (Wildman–Crippen LogP) is -0.587. The molecule has 0 radical (unpaired) electrons. The molecule has 1 unspecified atom stereocenters. The third-order valence-electron chi connectivity index (χ3n) is 2.60. The van der Waals surface area contributed by atoms with Gasteiger partial charge >= 0.3 is 0 Å². The van der Waals surface area contributed by atoms with Crippen molar-refractivity contribution in [3.8, 4) is 0 Å². The molecule has 2 rings (SSSR count). The van der Waals surface area contributed by atoms with Gasteiger partial charge in [0.05, 0.1) is 12.5 Å². The van der Waals surface area contributed by atoms with E-state index in [0.717, 1.165) is 0 Å². The number of aliphatic hydroxyl groups excluding tert-OH is 1. The Hall–Kier alpha value is -0.920. The van der Waals surface area contributed by atoms with Crippen molar-refractivity contribution in [2.45, 2.75) is 11.4 Å². The van der Waals surface area contributed by atoms with Crippen molar-refractivity contribution < 1.29 is 13.5 Å². The highest BCUT2D eigenvalue weighted by molar-refractivity contribution is 7.89. The van der Waals surface area contributed by atoms with Crippen molar-refractivity contribution in [2.24, 2.45) is 5.92 Å². The molecule has 1 aliphatic rings. The first-order chi connectivity index (χ1) is 7.14. The van der Waals surface area contributed by atoms with Gasteiger partial charge in [-0.1, -0.05) is 0 Å². The lowest BCUT2D eigenvalue weighted by atomic mass is 10.1. The Balaban J connectivity index is 2.18. The average Bonchev–Trinajstić information content (AvgIpc) is 2.89. The summed E-state index contributed by atoms with van der Waals surface area (Å²) in [6.07, 6.45) is 3.35. The molecule has 1 aromatic heterocycles. The van der Waals surface area contributed by atoms with Crippen LogP contribution in [0.5, 0.6) is 0 Å². The van der Waals surface area contributed by atoms with Gasteiger partial charge in [0, 0.05) is 19.7 Å². The number of aliphatic hydroxyl groups is 1. The van der Waals surface area contributed by atoms with Crippen molar-refractivity contribution in [3.05, 3.63) is 12.5 Å². The minimum absolute atomic E-state index is 0.0367. The van der Waals surface area contributed by atoms with Gasteiger partial charge < -0.3 is 10.1 Å². The largest absolute Gasteiger partial charge is 0.396 e. The number of sulfonamides is 1. The van der Waals surface area contributed by atoms with Gasteiger partial charge in [0.25, 0.3) is 10.0 Å². The van der Waals surface area contributed by atoms with E-state index in [2.05, 4.69) is 9.97 Å². The fourth-order valence-electron chi connectivity index (χ4n) is 1.69. The number of hydrogen-bond acceptors (Lipinski definition) is 4. The van der Waals surface area contributed by atoms with Crippen LogP contribution in [0.15, 0.2) is 17.6 Å². The molecule has 2 N–H and O–H groups in total. The van der Waals surface area contributed by atoms with E-state index in [1.807, 2.05) is 0 Å². The van der Waals surface area contributed by atoms with Gasteiger partial charge in [0.15, 0.2) is 5.03 Å². The van der Waals surface area contributed by atoms with Crippen LogP contribution >= 0.6 is 0 Å². The number of aromatic amines is 1. The summed E-state index contributed by atoms with van der Waals surface area (Å²) >= 11 is 0. The van der Waals surface area contributed by atoms with Gasteiger partial charge in [-0.25, -0.2) is 13.4 Å². The first kappa shape index (κ1) is 10.6. The van der Waals surface area contributed by atoms with E-state index in [4.69, 9.17) is 5.11 Å². The highest BCUT2D eigenvalue weighted by Crippen LogP contribution is 2.22. The lowest BCUT2D eigenvalue weighted by Crippen LogP contribution is -2.29. The zero-order valence-electron chi connectivity index (χ0n) is 8.13. The van der Waals surface area contributed by atoms with Gasteiger partial charge in [-0.15, -0.1) is 0 Å². The number of H-pyrrole nitrogens is 1. The number of hydrogen-bond donors (Lipinski definition) is 2. The van der Waals surface area contributed by atoms with Crippen LogP contribution in [0.2, 0.25) is 0 Å². The SMILES string of the molecule is O=S(=O)(c1cnc[nH]1)N1CCC(CO)C1. The van der Waals surface area contributed by atoms with E-state index in [1.54, 1.807) is 0 Å². The van der Waals surface area contributed by atoms with Crippen LogP contribution in [-0.4, -0.2) is 47.5 Å². The predicted molar refractivity (Wildman–Crippen MR) is 52.5 cm³/mol. The van der Waals surface area contributed by atoms with Crippen LogP contribution in [0.4, 0.5) is 0 Å². The lowest BCUT2D eigenvalue weighted by molar-refractivity contribution is 0.233. The van der Waals surface area contributed by atoms with Crippen molar-refractivity contribution in [1.82, 2.24) is 14.3 Å². The lowest BCUT2D eigenvalue weighted by Gasteiger charge is -2.14. The Morgan fingerprint density at radius 2 is 2.47 bits per heavy atom. The number of nitrogens with one attached hydrogen (secondary N) is 1. The summed E-state index contributed by atoms with van der Waals surface area (Å²) < 4.78 is 25.2. The maximum absolute atomic E-state index is 11.9. The topological polar surface area (TPSA) is 86.3 Å². The molecule has 0 spiro atoms. The molecule has 0 amide bonds. The Kier molecular flexibility index (Phi) is 2.76. The summed E-state index contributed by atoms with van der Waals surface area (Å²) in [6.45, 7) is 0.888. The molecule has 84 valence electrons. The molecule has 15 heavy (non-hydrogen) atoms. The molecule has 1 aromatic rings. The number of aromatic nitrogens is 2. The second-order valence-electron chi connectivity index (χ2n) is 3.62. The van der Waals surface area contributed by atoms with E-state index >= 15 is 0 Å². The zero-order chi connectivity index (χ0) is 10.9. The highest BCUT2D eigenvalue weighted by atomic mass is 32.2. The van der Waals surface area contributed by atoms with E-state index in [9.17, 15) is 8.42 Å². The third kappa shape index (κ3) is 1.90. The Morgan fingerprint density at radius 3 is 3.00 bits per heavy atom. The average molecular weight is 231 g/mol. The van der Waals surface area contributed by atoms with Crippen LogP contribution in [0.25, 0.3) is 0 Å². The van der Waals surface area contributed by atoms with E-state index in [1.165, 1.54) is 16.8 Å². The smallest absolute Gasteiger partial charge is 0.260 e. The van der Waals surface area contributed by atoms with Crippen molar-refractivity contribution in [3.63, 3.8) is 0 Å². The van der Waals surface area contributed by atoms with Crippen molar-refractivity contribution >= 4 is 10.0 Å². The number of rotatable bonds is 3. The molecule has 1 saturated heterocycles. The molecular weight excluding hydrogens is 218 g/mol. The Bertz CT molecular complexity index is 414. The number of imidazole rings is 1. The van der Waals surface area contributed by atoms with Gasteiger partial charge in [-0.3, -0.25) is 0 Å². The number of nitrogens with zero attached hydrogens (tertiary/aromatic N) is 2. The molecule has 1 fully saturated rings. The molecule has 0 aliphatic carbocycles. The zero-order valence-corrected chi connectivity index (χ0v) is 8.94. The molecule has 0 saturated carbocycles. The molecule has 2 heterocycles. The molecule has 0 bridgehead atoms. The summed E-state index contributed by atoms with van der Waals surface area (Å²) in [6, 6.07) is 0. The monoisotopic (exact) mass is 231 g/mol. The molecule has 0 aromatic carbocycles. The Labute approximate surface area is 88.0 Å². The maximum atomic E-state index is 11.9. The van der Waals surface area contributed by atoms with E-state index < -0.39 is 10.0 Å². The molecule has 6 nitrogen and oxygen atoms in total. The second-order valence-corrected chi connectivity index (χ2v) is 5.52. The third-order valence-corrected chi connectivity index (χ3v) is 4.39. The summed E-state index contributed by atoms with van der Waals surface area (Å²) in [7, 11) is -3.43. The highest BCUT2D eigenvalue weighted by Gasteiger charge is 2.32. The van der Waals surface area contributed by atoms with Crippen LogP contribution in [0.3, 0.4) is 0 Å². The normalized spacial score (nSPS) is 23.4. The van der Waals surface area contributed by atoms with Gasteiger partial charge in [0.1, 0.15) is 0 Å². The van der Waals surface area contributed by atoms with Crippen LogP contribution in [0, 0.1) is 5.92 Å². The maximum Gasteiger partial charge on any atom is 0.260 e. The fourth-order valence-corrected chi connectivity index (χ4v) is 3.11. The second kappa shape index (κ2) is 3.92. The fraction of sp³-hybridized carbons (Fsp3) is 0.625. The van der Waals surface area contributed by atoms with Crippen LogP contribution < -0.4 is 0 Å². The van der Waals surface area contributed by atoms with E-state index in [-0.39, 0.29) is 17.6 Å². The quantitative estimate of drug-likeness (QED) is 0.728. The summed E-state index contributed by atoms with van der Waals surface area (Å²) in [5, 5.41) is 9.05. The minimum Gasteiger partial charge on any atom is -0.396 e. The van der Waals surface area contributed by atoms with Crippen LogP contribution in [-0.2, 0) is 10.0 Å².